The Kier molecular flexibility index (Phi) is 6.24. The number of rotatable bonds is 6. The molecule has 0 saturated carbocycles. The fourth-order valence-corrected chi connectivity index (χ4v) is 3.88. The van der Waals surface area contributed by atoms with Crippen molar-refractivity contribution in [3.05, 3.63) is 87.4 Å². The van der Waals surface area contributed by atoms with Gasteiger partial charge in [0, 0.05) is 12.0 Å². The smallest absolute Gasteiger partial charge is 0.338 e. The molecule has 0 aliphatic rings. The molecule has 0 aliphatic carbocycles. The number of fused-ring (bicyclic) bond motifs is 1. The summed E-state index contributed by atoms with van der Waals surface area (Å²) in [6, 6.07) is 16.5. The van der Waals surface area contributed by atoms with Crippen LogP contribution in [-0.4, -0.2) is 22.1 Å². The van der Waals surface area contributed by atoms with Crippen LogP contribution in [0, 0.1) is 0 Å². The number of ether oxygens (including phenoxy) is 1. The number of alkyl halides is 3. The zero-order valence-corrected chi connectivity index (χ0v) is 17.9. The van der Waals surface area contributed by atoms with E-state index in [4.69, 9.17) is 23.2 Å². The first-order valence-electron chi connectivity index (χ1n) is 9.45. The SMILES string of the molecule is O=C(Cc1cccc(COC(F)(F)F)c1)c1ccc2nc(-c3c(Cl)cccc3Cl)[nH]c2c1. The Morgan fingerprint density at radius 2 is 1.66 bits per heavy atom. The van der Waals surface area contributed by atoms with Crippen LogP contribution in [-0.2, 0) is 17.8 Å². The van der Waals surface area contributed by atoms with Crippen LogP contribution in [0.25, 0.3) is 22.4 Å². The topological polar surface area (TPSA) is 55.0 Å². The third kappa shape index (κ3) is 5.12. The molecule has 4 aromatic rings. The van der Waals surface area contributed by atoms with Crippen molar-refractivity contribution in [2.24, 2.45) is 0 Å². The van der Waals surface area contributed by atoms with Gasteiger partial charge in [-0.25, -0.2) is 4.98 Å². The number of Topliss-reactive ketones (excluding diaryl/α,β-unsaturated/α-hetero) is 1. The van der Waals surface area contributed by atoms with E-state index in [0.29, 0.717) is 49.2 Å². The van der Waals surface area contributed by atoms with Crippen LogP contribution in [0.1, 0.15) is 21.5 Å². The molecule has 0 radical (unpaired) electrons. The Bertz CT molecular complexity index is 1280. The van der Waals surface area contributed by atoms with E-state index in [1.807, 2.05) is 0 Å². The third-order valence-electron chi connectivity index (χ3n) is 4.76. The molecule has 0 amide bonds. The lowest BCUT2D eigenvalue weighted by atomic mass is 10.0. The van der Waals surface area contributed by atoms with Crippen molar-refractivity contribution < 1.29 is 22.7 Å². The van der Waals surface area contributed by atoms with Crippen LogP contribution < -0.4 is 0 Å². The van der Waals surface area contributed by atoms with Crippen LogP contribution in [0.2, 0.25) is 10.0 Å². The summed E-state index contributed by atoms with van der Waals surface area (Å²) in [5.74, 6) is 0.297. The lowest BCUT2D eigenvalue weighted by molar-refractivity contribution is -0.330. The van der Waals surface area contributed by atoms with Gasteiger partial charge < -0.3 is 4.98 Å². The molecule has 4 nitrogen and oxygen atoms in total. The Morgan fingerprint density at radius 1 is 0.969 bits per heavy atom. The van der Waals surface area contributed by atoms with Crippen LogP contribution in [0.15, 0.2) is 60.7 Å². The molecule has 9 heteroatoms. The lowest BCUT2D eigenvalue weighted by Crippen LogP contribution is -2.13. The van der Waals surface area contributed by atoms with Crippen molar-refractivity contribution in [3.63, 3.8) is 0 Å². The van der Waals surface area contributed by atoms with Gasteiger partial charge in [0.2, 0.25) is 0 Å². The predicted octanol–water partition coefficient (Wildman–Crippen LogP) is 7.00. The van der Waals surface area contributed by atoms with Crippen LogP contribution in [0.5, 0.6) is 0 Å². The Hall–Kier alpha value is -2.87. The molecule has 1 N–H and O–H groups in total. The molecule has 0 unspecified atom stereocenters. The number of H-pyrrole nitrogens is 1. The molecule has 0 spiro atoms. The van der Waals surface area contributed by atoms with Crippen LogP contribution in [0.3, 0.4) is 0 Å². The van der Waals surface area contributed by atoms with E-state index in [1.54, 1.807) is 48.5 Å². The largest absolute Gasteiger partial charge is 0.522 e. The monoisotopic (exact) mass is 478 g/mol. The standard InChI is InChI=1S/C23H15Cl2F3N2O2/c24-16-5-2-6-17(25)21(16)22-29-18-8-7-15(11-19(18)30-22)20(31)10-13-3-1-4-14(9-13)12-32-23(26,27)28/h1-9,11H,10,12H2,(H,29,30). The number of carbonyl (C=O) groups excluding carboxylic acids is 1. The van der Waals surface area contributed by atoms with Crippen molar-refractivity contribution in [3.8, 4) is 11.4 Å². The summed E-state index contributed by atoms with van der Waals surface area (Å²) >= 11 is 12.5. The van der Waals surface area contributed by atoms with E-state index in [2.05, 4.69) is 14.7 Å². The molecule has 0 atom stereocenters. The Balaban J connectivity index is 1.55. The second kappa shape index (κ2) is 8.94. The molecule has 32 heavy (non-hydrogen) atoms. The maximum Gasteiger partial charge on any atom is 0.522 e. The van der Waals surface area contributed by atoms with Crippen molar-refractivity contribution in [1.82, 2.24) is 9.97 Å². The second-order valence-corrected chi connectivity index (χ2v) is 7.88. The van der Waals surface area contributed by atoms with Crippen molar-refractivity contribution >= 4 is 40.0 Å². The summed E-state index contributed by atoms with van der Waals surface area (Å²) in [6.07, 6.45) is -4.68. The van der Waals surface area contributed by atoms with E-state index in [-0.39, 0.29) is 12.2 Å². The summed E-state index contributed by atoms with van der Waals surface area (Å²) in [4.78, 5) is 20.4. The Morgan fingerprint density at radius 3 is 2.38 bits per heavy atom. The highest BCUT2D eigenvalue weighted by Crippen LogP contribution is 2.34. The molecule has 164 valence electrons. The molecule has 1 heterocycles. The molecule has 1 aromatic heterocycles. The van der Waals surface area contributed by atoms with Crippen molar-refractivity contribution in [2.75, 3.05) is 0 Å². The van der Waals surface area contributed by atoms with Gasteiger partial charge in [-0.15, -0.1) is 13.2 Å². The molecule has 0 fully saturated rings. The van der Waals surface area contributed by atoms with Crippen LogP contribution >= 0.6 is 23.2 Å². The van der Waals surface area contributed by atoms with E-state index in [0.717, 1.165) is 0 Å². The van der Waals surface area contributed by atoms with Gasteiger partial charge in [0.1, 0.15) is 5.82 Å². The van der Waals surface area contributed by atoms with Gasteiger partial charge in [-0.3, -0.25) is 9.53 Å². The van der Waals surface area contributed by atoms with Gasteiger partial charge in [-0.1, -0.05) is 53.5 Å². The highest BCUT2D eigenvalue weighted by molar-refractivity contribution is 6.39. The first kappa shape index (κ1) is 22.3. The molecular formula is C23H15Cl2F3N2O2. The number of imidazole rings is 1. The zero-order chi connectivity index (χ0) is 22.9. The fourth-order valence-electron chi connectivity index (χ4n) is 3.31. The predicted molar refractivity (Wildman–Crippen MR) is 117 cm³/mol. The number of nitrogens with one attached hydrogen (secondary N) is 1. The average molecular weight is 479 g/mol. The first-order chi connectivity index (χ1) is 15.2. The average Bonchev–Trinajstić information content (AvgIpc) is 3.14. The summed E-state index contributed by atoms with van der Waals surface area (Å²) in [7, 11) is 0. The number of aromatic nitrogens is 2. The van der Waals surface area contributed by atoms with E-state index in [1.165, 1.54) is 12.1 Å². The molecule has 4 rings (SSSR count). The minimum absolute atomic E-state index is 0.0305. The van der Waals surface area contributed by atoms with E-state index < -0.39 is 13.0 Å². The number of halogens is 5. The maximum absolute atomic E-state index is 12.8. The summed E-state index contributed by atoms with van der Waals surface area (Å²) < 4.78 is 40.6. The summed E-state index contributed by atoms with van der Waals surface area (Å²) in [5.41, 5.74) is 3.20. The van der Waals surface area contributed by atoms with E-state index >= 15 is 0 Å². The number of nitrogens with zero attached hydrogens (tertiary/aromatic N) is 1. The molecule has 0 bridgehead atoms. The number of hydrogen-bond donors (Lipinski definition) is 1. The molecule has 3 aromatic carbocycles. The van der Waals surface area contributed by atoms with Crippen molar-refractivity contribution in [2.45, 2.75) is 19.4 Å². The van der Waals surface area contributed by atoms with E-state index in [9.17, 15) is 18.0 Å². The minimum Gasteiger partial charge on any atom is -0.338 e. The highest BCUT2D eigenvalue weighted by atomic mass is 35.5. The van der Waals surface area contributed by atoms with Gasteiger partial charge in [0.25, 0.3) is 0 Å². The first-order valence-corrected chi connectivity index (χ1v) is 10.2. The second-order valence-electron chi connectivity index (χ2n) is 7.07. The number of benzene rings is 3. The maximum atomic E-state index is 12.8. The lowest BCUT2D eigenvalue weighted by Gasteiger charge is -2.08. The number of carbonyl (C=O) groups is 1. The van der Waals surface area contributed by atoms with Gasteiger partial charge in [-0.2, -0.15) is 0 Å². The van der Waals surface area contributed by atoms with Crippen LogP contribution in [0.4, 0.5) is 13.2 Å². The number of ketones is 1. The quantitative estimate of drug-likeness (QED) is 0.303. The van der Waals surface area contributed by atoms with Crippen molar-refractivity contribution in [1.29, 1.82) is 0 Å². The third-order valence-corrected chi connectivity index (χ3v) is 5.39. The summed E-state index contributed by atoms with van der Waals surface area (Å²) in [6.45, 7) is -0.612. The number of hydrogen-bond acceptors (Lipinski definition) is 3. The zero-order valence-electron chi connectivity index (χ0n) is 16.3. The fraction of sp³-hybridized carbons (Fsp3) is 0.130. The normalized spacial score (nSPS) is 11.8. The Labute approximate surface area is 190 Å². The highest BCUT2D eigenvalue weighted by Gasteiger charge is 2.28. The molecule has 0 aliphatic heterocycles. The van der Waals surface area contributed by atoms with Gasteiger partial charge in [-0.05, 0) is 41.5 Å². The van der Waals surface area contributed by atoms with Gasteiger partial charge in [0.05, 0.1) is 33.2 Å². The van der Waals surface area contributed by atoms with Gasteiger partial charge in [0.15, 0.2) is 5.78 Å². The number of aromatic amines is 1. The molecule has 0 saturated heterocycles. The summed E-state index contributed by atoms with van der Waals surface area (Å²) in [5, 5.41) is 0.893. The minimum atomic E-state index is -4.71. The van der Waals surface area contributed by atoms with Gasteiger partial charge >= 0.3 is 6.36 Å². The molecular weight excluding hydrogens is 464 g/mol.